The molecule has 0 aromatic heterocycles. The molecule has 0 aromatic rings. The van der Waals surface area contributed by atoms with Crippen LogP contribution in [-0.4, -0.2) is 17.8 Å². The van der Waals surface area contributed by atoms with E-state index < -0.39 is 0 Å². The van der Waals surface area contributed by atoms with Crippen molar-refractivity contribution < 1.29 is 0 Å². The summed E-state index contributed by atoms with van der Waals surface area (Å²) in [5.74, 6) is 2.64. The maximum absolute atomic E-state index is 4.13. The molecule has 0 amide bonds. The molecule has 0 aromatic carbocycles. The molecule has 0 radical (unpaired) electrons. The molecule has 1 aliphatic rings. The largest absolute Gasteiger partial charge is 0.331 e. The van der Waals surface area contributed by atoms with E-state index in [4.69, 9.17) is 0 Å². The minimum Gasteiger partial charge on any atom is -0.237 e. The van der Waals surface area contributed by atoms with E-state index >= 15 is 0 Å². The summed E-state index contributed by atoms with van der Waals surface area (Å²) < 4.78 is 3.86. The molecule has 1 aliphatic heterocycles. The molecular formula is C8H11N2+. The molecule has 0 saturated heterocycles. The van der Waals surface area contributed by atoms with E-state index in [-0.39, 0.29) is 5.41 Å². The second kappa shape index (κ2) is 2.26. The third kappa shape index (κ3) is 1.44. The van der Waals surface area contributed by atoms with Crippen molar-refractivity contribution in [1.29, 1.82) is 0 Å². The van der Waals surface area contributed by atoms with Gasteiger partial charge in [0.25, 0.3) is 0 Å². The molecular weight excluding hydrogens is 124 g/mol. The van der Waals surface area contributed by atoms with E-state index in [0.717, 1.165) is 5.71 Å². The Hall–Kier alpha value is -1.10. The van der Waals surface area contributed by atoms with Crippen LogP contribution in [-0.2, 0) is 0 Å². The lowest BCUT2D eigenvalue weighted by atomic mass is 9.90. The third-order valence-corrected chi connectivity index (χ3v) is 1.29. The van der Waals surface area contributed by atoms with Crippen molar-refractivity contribution in [2.45, 2.75) is 20.8 Å². The zero-order chi connectivity index (χ0) is 7.61. The molecule has 10 heavy (non-hydrogen) atoms. The van der Waals surface area contributed by atoms with E-state index in [2.05, 4.69) is 36.3 Å². The van der Waals surface area contributed by atoms with Gasteiger partial charge in [0.1, 0.15) is 5.71 Å². The molecule has 0 fully saturated rings. The second-order valence-electron chi connectivity index (χ2n) is 3.28. The minimum atomic E-state index is 0.0993. The Morgan fingerprint density at radius 1 is 1.50 bits per heavy atom. The smallest absolute Gasteiger partial charge is 0.237 e. The van der Waals surface area contributed by atoms with E-state index in [1.54, 1.807) is 12.4 Å². The van der Waals surface area contributed by atoms with Gasteiger partial charge < -0.3 is 0 Å². The van der Waals surface area contributed by atoms with Crippen LogP contribution in [0.1, 0.15) is 20.8 Å². The Labute approximate surface area is 60.7 Å². The van der Waals surface area contributed by atoms with Gasteiger partial charge in [0.2, 0.25) is 0 Å². The summed E-state index contributed by atoms with van der Waals surface area (Å²) in [6, 6.07) is 0. The Kier molecular flexibility index (Phi) is 1.58. The third-order valence-electron chi connectivity index (χ3n) is 1.29. The van der Waals surface area contributed by atoms with Gasteiger partial charge in [0.15, 0.2) is 6.20 Å². The lowest BCUT2D eigenvalue weighted by Gasteiger charge is -2.13. The number of nitrogens with zero attached hydrogens (tertiary/aromatic N) is 2. The quantitative estimate of drug-likeness (QED) is 0.439. The van der Waals surface area contributed by atoms with E-state index in [1.165, 1.54) is 0 Å². The van der Waals surface area contributed by atoms with Gasteiger partial charge in [0, 0.05) is 5.41 Å². The van der Waals surface area contributed by atoms with Gasteiger partial charge >= 0.3 is 12.1 Å². The van der Waals surface area contributed by atoms with E-state index in [0.29, 0.717) is 0 Å². The highest BCUT2D eigenvalue weighted by Gasteiger charge is 2.21. The predicted molar refractivity (Wildman–Crippen MR) is 44.7 cm³/mol. The highest BCUT2D eigenvalue weighted by molar-refractivity contribution is 6.33. The molecule has 52 valence electrons. The highest BCUT2D eigenvalue weighted by atomic mass is 14.8. The van der Waals surface area contributed by atoms with Gasteiger partial charge in [-0.05, 0) is 4.67 Å². The summed E-state index contributed by atoms with van der Waals surface area (Å²) in [7, 11) is 0. The highest BCUT2D eigenvalue weighted by Crippen LogP contribution is 2.14. The maximum Gasteiger partial charge on any atom is 0.331 e. The minimum absolute atomic E-state index is 0.0993. The van der Waals surface area contributed by atoms with Crippen LogP contribution >= 0.6 is 0 Å². The molecule has 0 aliphatic carbocycles. The lowest BCUT2D eigenvalue weighted by molar-refractivity contribution is 0.598. The number of aliphatic imine (C=N–C) groups is 1. The van der Waals surface area contributed by atoms with Crippen LogP contribution in [0.3, 0.4) is 0 Å². The van der Waals surface area contributed by atoms with Crippen molar-refractivity contribution in [2.75, 3.05) is 0 Å². The molecule has 0 bridgehead atoms. The van der Waals surface area contributed by atoms with Crippen LogP contribution in [0, 0.1) is 5.41 Å². The summed E-state index contributed by atoms with van der Waals surface area (Å²) in [6.45, 7) is 6.32. The Morgan fingerprint density at radius 2 is 2.20 bits per heavy atom. The number of rotatable bonds is 0. The Morgan fingerprint density at radius 3 is 2.50 bits per heavy atom. The molecule has 1 heterocycles. The Balaban J connectivity index is 2.91. The fourth-order valence-electron chi connectivity index (χ4n) is 0.651. The fourth-order valence-corrected chi connectivity index (χ4v) is 0.651. The summed E-state index contributed by atoms with van der Waals surface area (Å²) in [5, 5.41) is 0. The first-order chi connectivity index (χ1) is 4.61. The fraction of sp³-hybridized carbons (Fsp3) is 0.500. The first kappa shape index (κ1) is 7.01. The lowest BCUT2D eigenvalue weighted by Crippen LogP contribution is -2.23. The van der Waals surface area contributed by atoms with Crippen LogP contribution in [0.25, 0.3) is 0 Å². The number of hydrogen-bond donors (Lipinski definition) is 0. The van der Waals surface area contributed by atoms with Crippen molar-refractivity contribution in [3.05, 3.63) is 6.20 Å². The first-order valence-corrected chi connectivity index (χ1v) is 3.29. The normalized spacial score (nSPS) is 15.7. The second-order valence-corrected chi connectivity index (χ2v) is 3.28. The van der Waals surface area contributed by atoms with Gasteiger partial charge in [-0.2, -0.15) is 0 Å². The standard InChI is InChI=1S/C8H11N2/c1-8(2,3)7-6-9-4-5-10-7/h5-6H,1-3H3/q+1. The van der Waals surface area contributed by atoms with E-state index in [9.17, 15) is 0 Å². The molecule has 0 saturated carbocycles. The van der Waals surface area contributed by atoms with Gasteiger partial charge in [-0.1, -0.05) is 20.8 Å². The maximum atomic E-state index is 4.13. The summed E-state index contributed by atoms with van der Waals surface area (Å²) in [5.41, 5.74) is 1.11. The average Bonchev–Trinajstić information content (AvgIpc) is 1.88. The zero-order valence-electron chi connectivity index (χ0n) is 6.55. The molecule has 0 atom stereocenters. The zero-order valence-corrected chi connectivity index (χ0v) is 6.55. The SMILES string of the molecule is CC(C)(C)C1=NC=C=[N+]=C1. The van der Waals surface area contributed by atoms with Gasteiger partial charge in [-0.3, -0.25) is 0 Å². The van der Waals surface area contributed by atoms with Crippen LogP contribution in [0.5, 0.6) is 0 Å². The topological polar surface area (TPSA) is 26.5 Å². The summed E-state index contributed by atoms with van der Waals surface area (Å²) >= 11 is 0. The Bertz CT molecular complexity index is 253. The summed E-state index contributed by atoms with van der Waals surface area (Å²) in [6.07, 6.45) is 3.35. The first-order valence-electron chi connectivity index (χ1n) is 3.29. The average molecular weight is 135 g/mol. The monoisotopic (exact) mass is 135 g/mol. The molecule has 1 rings (SSSR count). The van der Waals surface area contributed by atoms with Crippen molar-refractivity contribution in [1.82, 2.24) is 4.67 Å². The molecule has 2 heteroatoms. The van der Waals surface area contributed by atoms with Gasteiger partial charge in [-0.25, -0.2) is 4.99 Å². The van der Waals surface area contributed by atoms with E-state index in [1.807, 2.05) is 0 Å². The van der Waals surface area contributed by atoms with Gasteiger partial charge in [-0.15, -0.1) is 0 Å². The van der Waals surface area contributed by atoms with Crippen molar-refractivity contribution in [3.8, 4) is 0 Å². The number of hydrogen-bond acceptors (Lipinski definition) is 1. The van der Waals surface area contributed by atoms with Crippen LogP contribution in [0.2, 0.25) is 0 Å². The van der Waals surface area contributed by atoms with Crippen LogP contribution in [0.15, 0.2) is 11.2 Å². The summed E-state index contributed by atoms with van der Waals surface area (Å²) in [4.78, 5) is 4.13. The van der Waals surface area contributed by atoms with Crippen LogP contribution in [0.4, 0.5) is 0 Å². The molecule has 0 spiro atoms. The van der Waals surface area contributed by atoms with Gasteiger partial charge in [0.05, 0.1) is 0 Å². The molecule has 2 nitrogen and oxygen atoms in total. The van der Waals surface area contributed by atoms with Crippen LogP contribution < -0.4 is 4.67 Å². The van der Waals surface area contributed by atoms with Crippen molar-refractivity contribution in [3.63, 3.8) is 0 Å². The predicted octanol–water partition coefficient (Wildman–Crippen LogP) is 0.808. The molecule has 0 unspecified atom stereocenters. The molecule has 0 N–H and O–H groups in total. The van der Waals surface area contributed by atoms with Crippen molar-refractivity contribution in [2.24, 2.45) is 10.4 Å². The van der Waals surface area contributed by atoms with Crippen molar-refractivity contribution >= 4 is 17.8 Å².